The first-order valence-electron chi connectivity index (χ1n) is 11.6. The van der Waals surface area contributed by atoms with E-state index >= 15 is 0 Å². The number of benzene rings is 1. The number of likely N-dealkylation sites (tertiary alicyclic amines) is 1. The quantitative estimate of drug-likeness (QED) is 0.486. The number of fused-ring (bicyclic) bond motifs is 1. The van der Waals surface area contributed by atoms with Crippen LogP contribution in [0.5, 0.6) is 0 Å². The summed E-state index contributed by atoms with van der Waals surface area (Å²) >= 11 is 0. The monoisotopic (exact) mass is 482 g/mol. The number of nitrogens with two attached hydrogens (primary N) is 1. The highest BCUT2D eigenvalue weighted by Gasteiger charge is 2.30. The zero-order valence-corrected chi connectivity index (χ0v) is 20.1. The van der Waals surface area contributed by atoms with Crippen molar-refractivity contribution in [3.63, 3.8) is 0 Å². The smallest absolute Gasteiger partial charge is 0.410 e. The van der Waals surface area contributed by atoms with Gasteiger partial charge in [0.1, 0.15) is 5.60 Å². The maximum atomic E-state index is 12.6. The summed E-state index contributed by atoms with van der Waals surface area (Å²) in [4.78, 5) is 45.6. The Morgan fingerprint density at radius 2 is 2.06 bits per heavy atom. The summed E-state index contributed by atoms with van der Waals surface area (Å²) in [5, 5.41) is 10.7. The predicted molar refractivity (Wildman–Crippen MR) is 128 cm³/mol. The number of primary amides is 1. The van der Waals surface area contributed by atoms with Crippen LogP contribution in [-0.2, 0) is 11.3 Å². The van der Waals surface area contributed by atoms with Crippen molar-refractivity contribution in [1.82, 2.24) is 29.9 Å². The third kappa shape index (κ3) is 5.94. The number of anilines is 1. The van der Waals surface area contributed by atoms with E-state index in [-0.39, 0.29) is 23.8 Å². The van der Waals surface area contributed by atoms with Crippen LogP contribution < -0.4 is 11.1 Å². The van der Waals surface area contributed by atoms with E-state index < -0.39 is 17.4 Å². The van der Waals surface area contributed by atoms with Crippen molar-refractivity contribution in [3.05, 3.63) is 35.7 Å². The first kappa shape index (κ1) is 24.2. The summed E-state index contributed by atoms with van der Waals surface area (Å²) in [5.74, 6) is -0.805. The number of piperidine rings is 1. The third-order valence-corrected chi connectivity index (χ3v) is 5.72. The molecule has 1 aliphatic rings. The Morgan fingerprint density at radius 3 is 2.80 bits per heavy atom. The van der Waals surface area contributed by atoms with Crippen LogP contribution in [0.1, 0.15) is 67.3 Å². The number of hydrogen-bond acceptors (Lipinski definition) is 7. The lowest BCUT2D eigenvalue weighted by Gasteiger charge is -2.36. The summed E-state index contributed by atoms with van der Waals surface area (Å²) in [6, 6.07) is 4.83. The average Bonchev–Trinajstić information content (AvgIpc) is 3.42. The first-order chi connectivity index (χ1) is 16.6. The molecule has 0 radical (unpaired) electrons. The second kappa shape index (κ2) is 9.72. The Morgan fingerprint density at radius 1 is 1.26 bits per heavy atom. The molecule has 0 spiro atoms. The van der Waals surface area contributed by atoms with Gasteiger partial charge in [0, 0.05) is 24.7 Å². The lowest BCUT2D eigenvalue weighted by molar-refractivity contribution is 0.00824. The van der Waals surface area contributed by atoms with Gasteiger partial charge in [-0.1, -0.05) is 5.21 Å². The number of carbonyl (C=O) groups excluding carboxylic acids is 3. The minimum atomic E-state index is -0.550. The van der Waals surface area contributed by atoms with E-state index in [1.165, 1.54) is 0 Å². The third-order valence-electron chi connectivity index (χ3n) is 5.72. The normalized spacial score (nSPS) is 16.3. The standard InChI is InChI=1S/C23H30N8O4/c1-23(2,3)35-22(34)31-10-5-4-6-15(31)9-11-30-13-18(28-29-30)20(33)27-21-25-16-8-7-14(19(24)32)12-17(16)26-21/h7-8,12-13,15H,4-6,9-11H2,1-3H3,(H2,24,32)(H2,25,26,27,33). The molecule has 0 aliphatic carbocycles. The summed E-state index contributed by atoms with van der Waals surface area (Å²) in [6.45, 7) is 6.74. The Balaban J connectivity index is 1.36. The fourth-order valence-electron chi connectivity index (χ4n) is 4.05. The van der Waals surface area contributed by atoms with Crippen molar-refractivity contribution in [2.75, 3.05) is 11.9 Å². The van der Waals surface area contributed by atoms with Crippen molar-refractivity contribution in [1.29, 1.82) is 0 Å². The fraction of sp³-hybridized carbons (Fsp3) is 0.478. The van der Waals surface area contributed by atoms with Crippen LogP contribution in [0.4, 0.5) is 10.7 Å². The highest BCUT2D eigenvalue weighted by molar-refractivity contribution is 6.02. The van der Waals surface area contributed by atoms with Crippen molar-refractivity contribution < 1.29 is 19.1 Å². The zero-order chi connectivity index (χ0) is 25.2. The van der Waals surface area contributed by atoms with E-state index in [0.29, 0.717) is 36.1 Å². The van der Waals surface area contributed by atoms with Gasteiger partial charge in [0.05, 0.1) is 17.2 Å². The van der Waals surface area contributed by atoms with Crippen molar-refractivity contribution in [3.8, 4) is 0 Å². The minimum absolute atomic E-state index is 0.0425. The number of ether oxygens (including phenoxy) is 1. The van der Waals surface area contributed by atoms with Crippen LogP contribution in [0.2, 0.25) is 0 Å². The van der Waals surface area contributed by atoms with Crippen LogP contribution >= 0.6 is 0 Å². The molecule has 0 bridgehead atoms. The number of H-pyrrole nitrogens is 1. The van der Waals surface area contributed by atoms with E-state index in [1.54, 1.807) is 34.0 Å². The number of aryl methyl sites for hydroxylation is 1. The molecule has 1 unspecified atom stereocenters. The van der Waals surface area contributed by atoms with Gasteiger partial charge in [0.25, 0.3) is 5.91 Å². The number of amides is 3. The molecule has 12 nitrogen and oxygen atoms in total. The molecular formula is C23H30N8O4. The topological polar surface area (TPSA) is 161 Å². The molecule has 35 heavy (non-hydrogen) atoms. The molecule has 4 N–H and O–H groups in total. The number of aromatic nitrogens is 5. The molecule has 3 heterocycles. The van der Waals surface area contributed by atoms with Crippen LogP contribution in [-0.4, -0.2) is 66.0 Å². The maximum absolute atomic E-state index is 12.6. The van der Waals surface area contributed by atoms with Crippen molar-refractivity contribution in [2.24, 2.45) is 5.73 Å². The summed E-state index contributed by atoms with van der Waals surface area (Å²) < 4.78 is 7.15. The Hall–Kier alpha value is -3.96. The Bertz CT molecular complexity index is 1240. The summed E-state index contributed by atoms with van der Waals surface area (Å²) in [6.07, 6.45) is 4.83. The van der Waals surface area contributed by atoms with Gasteiger partial charge in [-0.15, -0.1) is 5.10 Å². The molecule has 1 fully saturated rings. The second-order valence-electron chi connectivity index (χ2n) is 9.61. The Labute approximate surface area is 202 Å². The second-order valence-corrected chi connectivity index (χ2v) is 9.61. The van der Waals surface area contributed by atoms with Crippen LogP contribution in [0.25, 0.3) is 11.0 Å². The highest BCUT2D eigenvalue weighted by atomic mass is 16.6. The van der Waals surface area contributed by atoms with Crippen molar-refractivity contribution in [2.45, 2.75) is 64.6 Å². The molecule has 0 saturated carbocycles. The van der Waals surface area contributed by atoms with E-state index in [1.807, 2.05) is 20.8 Å². The highest BCUT2D eigenvalue weighted by Crippen LogP contribution is 2.23. The maximum Gasteiger partial charge on any atom is 0.410 e. The van der Waals surface area contributed by atoms with E-state index in [2.05, 4.69) is 25.6 Å². The molecule has 1 atom stereocenters. The number of nitrogens with one attached hydrogen (secondary N) is 2. The zero-order valence-electron chi connectivity index (χ0n) is 20.1. The van der Waals surface area contributed by atoms with Crippen LogP contribution in [0, 0.1) is 0 Å². The van der Waals surface area contributed by atoms with Gasteiger partial charge in [-0.05, 0) is 64.7 Å². The van der Waals surface area contributed by atoms with E-state index in [4.69, 9.17) is 10.5 Å². The van der Waals surface area contributed by atoms with Gasteiger partial charge in [0.15, 0.2) is 5.69 Å². The molecule has 2 aromatic heterocycles. The van der Waals surface area contributed by atoms with Crippen LogP contribution in [0.15, 0.2) is 24.4 Å². The SMILES string of the molecule is CC(C)(C)OC(=O)N1CCCCC1CCn1cc(C(=O)Nc2nc3ccc(C(N)=O)cc3[nH]2)nn1. The molecule has 4 rings (SSSR count). The molecule has 1 aromatic carbocycles. The van der Waals surface area contributed by atoms with Crippen LogP contribution in [0.3, 0.4) is 0 Å². The minimum Gasteiger partial charge on any atom is -0.444 e. The van der Waals surface area contributed by atoms with Gasteiger partial charge < -0.3 is 20.4 Å². The van der Waals surface area contributed by atoms with Gasteiger partial charge in [-0.2, -0.15) is 0 Å². The summed E-state index contributed by atoms with van der Waals surface area (Å²) in [7, 11) is 0. The fourth-order valence-corrected chi connectivity index (χ4v) is 4.05. The van der Waals surface area contributed by atoms with E-state index in [9.17, 15) is 14.4 Å². The molecule has 1 aliphatic heterocycles. The molecule has 12 heteroatoms. The first-order valence-corrected chi connectivity index (χ1v) is 11.6. The van der Waals surface area contributed by atoms with Gasteiger partial charge >= 0.3 is 6.09 Å². The number of imidazole rings is 1. The Kier molecular flexibility index (Phi) is 6.72. The number of nitrogens with zero attached hydrogens (tertiary/aromatic N) is 5. The average molecular weight is 483 g/mol. The molecular weight excluding hydrogens is 452 g/mol. The van der Waals surface area contributed by atoms with Gasteiger partial charge in [0.2, 0.25) is 11.9 Å². The molecule has 1 saturated heterocycles. The van der Waals surface area contributed by atoms with E-state index in [0.717, 1.165) is 19.3 Å². The van der Waals surface area contributed by atoms with Gasteiger partial charge in [-0.25, -0.2) is 9.78 Å². The summed E-state index contributed by atoms with van der Waals surface area (Å²) in [5.41, 5.74) is 6.38. The number of rotatable bonds is 6. The number of carbonyl (C=O) groups is 3. The molecule has 3 amide bonds. The van der Waals surface area contributed by atoms with Gasteiger partial charge in [-0.3, -0.25) is 19.6 Å². The lowest BCUT2D eigenvalue weighted by atomic mass is 10.00. The molecule has 3 aromatic rings. The number of hydrogen-bond donors (Lipinski definition) is 3. The van der Waals surface area contributed by atoms with Crippen molar-refractivity contribution >= 4 is 34.9 Å². The lowest BCUT2D eigenvalue weighted by Crippen LogP contribution is -2.46. The largest absolute Gasteiger partial charge is 0.444 e. The number of aromatic amines is 1. The predicted octanol–water partition coefficient (Wildman–Crippen LogP) is 2.69. The molecule has 186 valence electrons.